The number of hydrogen-bond donors (Lipinski definition) is 2. The molecule has 0 amide bonds. The molecule has 6 heteroatoms. The van der Waals surface area contributed by atoms with E-state index in [1.54, 1.807) is 36.5 Å². The number of nitrogens with two attached hydrogens (primary N) is 1. The van der Waals surface area contributed by atoms with Crippen LogP contribution in [0.15, 0.2) is 34.5 Å². The van der Waals surface area contributed by atoms with Gasteiger partial charge >= 0.3 is 0 Å². The van der Waals surface area contributed by atoms with E-state index in [-0.39, 0.29) is 10.9 Å². The van der Waals surface area contributed by atoms with E-state index in [4.69, 9.17) is 5.73 Å². The molecule has 21 heavy (non-hydrogen) atoms. The standard InChI is InChI=1S/C15H18N2O2S2/c1-10-12(16)4-2-7-15(10)21(18,19)17-13-5-3-6-14-11(13)8-9-20-14/h2,4,7-9,13,17H,3,5-6,16H2,1H3. The van der Waals surface area contributed by atoms with Crippen LogP contribution in [0.25, 0.3) is 0 Å². The first-order valence-electron chi connectivity index (χ1n) is 6.93. The molecule has 1 unspecified atom stereocenters. The van der Waals surface area contributed by atoms with Gasteiger partial charge in [0.1, 0.15) is 0 Å². The van der Waals surface area contributed by atoms with Crippen molar-refractivity contribution < 1.29 is 8.42 Å². The maximum Gasteiger partial charge on any atom is 0.241 e. The van der Waals surface area contributed by atoms with Gasteiger partial charge in [0.25, 0.3) is 0 Å². The van der Waals surface area contributed by atoms with Crippen molar-refractivity contribution in [2.24, 2.45) is 0 Å². The molecule has 0 fully saturated rings. The fraction of sp³-hybridized carbons (Fsp3) is 0.333. The second kappa shape index (κ2) is 5.44. The van der Waals surface area contributed by atoms with Crippen LogP contribution < -0.4 is 10.5 Å². The van der Waals surface area contributed by atoms with Crippen molar-refractivity contribution in [3.05, 3.63) is 45.6 Å². The summed E-state index contributed by atoms with van der Waals surface area (Å²) in [7, 11) is -3.56. The Balaban J connectivity index is 1.93. The number of benzene rings is 1. The van der Waals surface area contributed by atoms with Crippen molar-refractivity contribution in [1.82, 2.24) is 4.72 Å². The molecule has 0 aliphatic heterocycles. The first-order valence-corrected chi connectivity index (χ1v) is 9.29. The number of anilines is 1. The molecule has 1 atom stereocenters. The maximum atomic E-state index is 12.6. The van der Waals surface area contributed by atoms with E-state index in [1.807, 2.05) is 11.4 Å². The highest BCUT2D eigenvalue weighted by Gasteiger charge is 2.27. The van der Waals surface area contributed by atoms with E-state index >= 15 is 0 Å². The van der Waals surface area contributed by atoms with Gasteiger partial charge in [-0.1, -0.05) is 6.07 Å². The average molecular weight is 322 g/mol. The molecule has 0 radical (unpaired) electrons. The van der Waals surface area contributed by atoms with Crippen LogP contribution >= 0.6 is 11.3 Å². The van der Waals surface area contributed by atoms with Gasteiger partial charge in [0.2, 0.25) is 10.0 Å². The van der Waals surface area contributed by atoms with Crippen molar-refractivity contribution in [3.8, 4) is 0 Å². The van der Waals surface area contributed by atoms with Gasteiger partial charge in [-0.3, -0.25) is 0 Å². The third-order valence-corrected chi connectivity index (χ3v) is 6.58. The largest absolute Gasteiger partial charge is 0.398 e. The molecule has 112 valence electrons. The van der Waals surface area contributed by atoms with Gasteiger partial charge in [-0.25, -0.2) is 13.1 Å². The molecule has 1 aliphatic rings. The summed E-state index contributed by atoms with van der Waals surface area (Å²) in [5.41, 5.74) is 8.04. The van der Waals surface area contributed by atoms with Crippen LogP contribution in [-0.4, -0.2) is 8.42 Å². The quantitative estimate of drug-likeness (QED) is 0.853. The molecule has 0 saturated heterocycles. The zero-order valence-corrected chi connectivity index (χ0v) is 13.4. The van der Waals surface area contributed by atoms with E-state index in [2.05, 4.69) is 4.72 Å². The lowest BCUT2D eigenvalue weighted by Crippen LogP contribution is -2.31. The van der Waals surface area contributed by atoms with E-state index in [0.717, 1.165) is 24.8 Å². The number of nitrogen functional groups attached to an aromatic ring is 1. The van der Waals surface area contributed by atoms with Gasteiger partial charge in [-0.15, -0.1) is 11.3 Å². The summed E-state index contributed by atoms with van der Waals surface area (Å²) in [5, 5.41) is 2.03. The Morgan fingerprint density at radius 2 is 2.14 bits per heavy atom. The van der Waals surface area contributed by atoms with Gasteiger partial charge in [-0.2, -0.15) is 0 Å². The number of aryl methyl sites for hydroxylation is 1. The van der Waals surface area contributed by atoms with Crippen LogP contribution in [0.2, 0.25) is 0 Å². The Morgan fingerprint density at radius 1 is 1.33 bits per heavy atom. The molecular weight excluding hydrogens is 304 g/mol. The molecule has 4 nitrogen and oxygen atoms in total. The minimum Gasteiger partial charge on any atom is -0.398 e. The predicted octanol–water partition coefficient (Wildman–Crippen LogP) is 2.99. The number of nitrogens with one attached hydrogen (secondary N) is 1. The molecule has 3 N–H and O–H groups in total. The predicted molar refractivity (Wildman–Crippen MR) is 85.9 cm³/mol. The highest BCUT2D eigenvalue weighted by Crippen LogP contribution is 2.34. The molecule has 0 spiro atoms. The van der Waals surface area contributed by atoms with Crippen LogP contribution in [0.3, 0.4) is 0 Å². The third kappa shape index (κ3) is 2.71. The van der Waals surface area contributed by atoms with Crippen LogP contribution in [0, 0.1) is 6.92 Å². The van der Waals surface area contributed by atoms with Gasteiger partial charge in [0.15, 0.2) is 0 Å². The fourth-order valence-corrected chi connectivity index (χ4v) is 5.29. The Bertz CT molecular complexity index is 766. The minimum absolute atomic E-state index is 0.133. The summed E-state index contributed by atoms with van der Waals surface area (Å²) in [6.07, 6.45) is 2.89. The Morgan fingerprint density at radius 3 is 2.95 bits per heavy atom. The molecule has 1 heterocycles. The number of thiophene rings is 1. The van der Waals surface area contributed by atoms with Gasteiger partial charge in [-0.05, 0) is 60.9 Å². The smallest absolute Gasteiger partial charge is 0.241 e. The SMILES string of the molecule is Cc1c(N)cccc1S(=O)(=O)NC1CCCc2sccc21. The Labute approximate surface area is 129 Å². The normalized spacial score (nSPS) is 18.4. The lowest BCUT2D eigenvalue weighted by Gasteiger charge is -2.24. The highest BCUT2D eigenvalue weighted by atomic mass is 32.2. The summed E-state index contributed by atoms with van der Waals surface area (Å²) < 4.78 is 28.1. The first-order chi connectivity index (χ1) is 9.99. The molecular formula is C15H18N2O2S2. The molecule has 2 aromatic rings. The number of rotatable bonds is 3. The molecule has 3 rings (SSSR count). The lowest BCUT2D eigenvalue weighted by atomic mass is 9.95. The van der Waals surface area contributed by atoms with Crippen molar-refractivity contribution in [3.63, 3.8) is 0 Å². The second-order valence-corrected chi connectivity index (χ2v) is 8.02. The van der Waals surface area contributed by atoms with E-state index in [0.29, 0.717) is 11.3 Å². The average Bonchev–Trinajstić information content (AvgIpc) is 2.91. The Kier molecular flexibility index (Phi) is 3.77. The molecule has 1 aliphatic carbocycles. The third-order valence-electron chi connectivity index (χ3n) is 3.96. The molecule has 1 aromatic carbocycles. The first kappa shape index (κ1) is 14.6. The summed E-state index contributed by atoms with van der Waals surface area (Å²) in [5.74, 6) is 0. The minimum atomic E-state index is -3.56. The summed E-state index contributed by atoms with van der Waals surface area (Å²) in [6.45, 7) is 1.74. The Hall–Kier alpha value is -1.37. The van der Waals surface area contributed by atoms with E-state index in [9.17, 15) is 8.42 Å². The van der Waals surface area contributed by atoms with Crippen LogP contribution in [0.5, 0.6) is 0 Å². The van der Waals surface area contributed by atoms with Gasteiger partial charge < -0.3 is 5.73 Å². The summed E-state index contributed by atoms with van der Waals surface area (Å²) >= 11 is 1.70. The highest BCUT2D eigenvalue weighted by molar-refractivity contribution is 7.89. The van der Waals surface area contributed by atoms with Crippen LogP contribution in [0.1, 0.15) is 34.9 Å². The van der Waals surface area contributed by atoms with Crippen molar-refractivity contribution in [1.29, 1.82) is 0 Å². The maximum absolute atomic E-state index is 12.6. The monoisotopic (exact) mass is 322 g/mol. The zero-order valence-electron chi connectivity index (χ0n) is 11.8. The number of fused-ring (bicyclic) bond motifs is 1. The summed E-state index contributed by atoms with van der Waals surface area (Å²) in [6, 6.07) is 6.88. The molecule has 0 bridgehead atoms. The molecule has 0 saturated carbocycles. The lowest BCUT2D eigenvalue weighted by molar-refractivity contribution is 0.511. The van der Waals surface area contributed by atoms with Crippen LogP contribution in [0.4, 0.5) is 5.69 Å². The van der Waals surface area contributed by atoms with E-state index < -0.39 is 10.0 Å². The van der Waals surface area contributed by atoms with Crippen molar-refractivity contribution >= 4 is 27.0 Å². The zero-order chi connectivity index (χ0) is 15.0. The van der Waals surface area contributed by atoms with Crippen molar-refractivity contribution in [2.75, 3.05) is 5.73 Å². The fourth-order valence-electron chi connectivity index (χ4n) is 2.78. The van der Waals surface area contributed by atoms with Crippen molar-refractivity contribution in [2.45, 2.75) is 37.1 Å². The van der Waals surface area contributed by atoms with Gasteiger partial charge in [0.05, 0.1) is 4.90 Å². The summed E-state index contributed by atoms with van der Waals surface area (Å²) in [4.78, 5) is 1.56. The topological polar surface area (TPSA) is 72.2 Å². The number of sulfonamides is 1. The molecule has 1 aromatic heterocycles. The number of hydrogen-bond acceptors (Lipinski definition) is 4. The van der Waals surface area contributed by atoms with Gasteiger partial charge in [0, 0.05) is 16.6 Å². The van der Waals surface area contributed by atoms with E-state index in [1.165, 1.54) is 4.88 Å². The van der Waals surface area contributed by atoms with Crippen LogP contribution in [-0.2, 0) is 16.4 Å². The second-order valence-electron chi connectivity index (χ2n) is 5.34.